The molecule has 1 aromatic rings. The van der Waals surface area contributed by atoms with Crippen molar-refractivity contribution >= 4 is 11.6 Å². The lowest BCUT2D eigenvalue weighted by molar-refractivity contribution is 0.330. The molecule has 0 atom stereocenters. The Morgan fingerprint density at radius 2 is 1.84 bits per heavy atom. The molecule has 4 nitrogen and oxygen atoms in total. The summed E-state index contributed by atoms with van der Waals surface area (Å²) in [6, 6.07) is 2.60. The van der Waals surface area contributed by atoms with Crippen LogP contribution in [0.15, 0.2) is 12.4 Å². The van der Waals surface area contributed by atoms with E-state index in [0.29, 0.717) is 6.04 Å². The SMILES string of the molecule is CCCNc1cc(NC2CCC(CC)CC2)ncn1. The number of anilines is 2. The second kappa shape index (κ2) is 7.31. The van der Waals surface area contributed by atoms with Gasteiger partial charge in [0.1, 0.15) is 18.0 Å². The summed E-state index contributed by atoms with van der Waals surface area (Å²) < 4.78 is 0. The van der Waals surface area contributed by atoms with Gasteiger partial charge < -0.3 is 10.6 Å². The smallest absolute Gasteiger partial charge is 0.131 e. The van der Waals surface area contributed by atoms with Gasteiger partial charge in [-0.05, 0) is 38.0 Å². The average Bonchev–Trinajstić information content (AvgIpc) is 2.46. The van der Waals surface area contributed by atoms with Crippen LogP contribution in [0.1, 0.15) is 52.4 Å². The van der Waals surface area contributed by atoms with Crippen molar-refractivity contribution in [1.82, 2.24) is 9.97 Å². The number of nitrogens with one attached hydrogen (secondary N) is 2. The molecule has 1 aliphatic carbocycles. The molecule has 2 N–H and O–H groups in total. The first kappa shape index (κ1) is 14.1. The summed E-state index contributed by atoms with van der Waals surface area (Å²) in [5, 5.41) is 6.85. The molecule has 2 rings (SSSR count). The van der Waals surface area contributed by atoms with Crippen LogP contribution in [-0.2, 0) is 0 Å². The third kappa shape index (κ3) is 4.37. The highest BCUT2D eigenvalue weighted by Gasteiger charge is 2.19. The largest absolute Gasteiger partial charge is 0.370 e. The summed E-state index contributed by atoms with van der Waals surface area (Å²) in [6.45, 7) is 5.41. The Morgan fingerprint density at radius 3 is 2.53 bits per heavy atom. The number of rotatable bonds is 6. The molecular weight excluding hydrogens is 236 g/mol. The van der Waals surface area contributed by atoms with E-state index in [1.807, 2.05) is 6.07 Å². The van der Waals surface area contributed by atoms with Gasteiger partial charge in [0, 0.05) is 18.7 Å². The van der Waals surface area contributed by atoms with E-state index in [0.717, 1.165) is 30.5 Å². The predicted molar refractivity (Wildman–Crippen MR) is 80.5 cm³/mol. The first-order valence-corrected chi connectivity index (χ1v) is 7.64. The van der Waals surface area contributed by atoms with Gasteiger partial charge in [0.2, 0.25) is 0 Å². The van der Waals surface area contributed by atoms with Crippen LogP contribution >= 0.6 is 0 Å². The predicted octanol–water partition coefficient (Wildman–Crippen LogP) is 3.68. The number of aromatic nitrogens is 2. The molecule has 0 amide bonds. The van der Waals surface area contributed by atoms with Crippen molar-refractivity contribution in [2.24, 2.45) is 5.92 Å². The number of hydrogen-bond donors (Lipinski definition) is 2. The zero-order valence-electron chi connectivity index (χ0n) is 12.2. The zero-order valence-corrected chi connectivity index (χ0v) is 12.2. The van der Waals surface area contributed by atoms with E-state index >= 15 is 0 Å². The molecule has 1 saturated carbocycles. The summed E-state index contributed by atoms with van der Waals surface area (Å²) in [5.41, 5.74) is 0. The minimum Gasteiger partial charge on any atom is -0.370 e. The Morgan fingerprint density at radius 1 is 1.11 bits per heavy atom. The maximum atomic E-state index is 4.32. The Hall–Kier alpha value is -1.32. The van der Waals surface area contributed by atoms with Crippen molar-refractivity contribution in [3.63, 3.8) is 0 Å². The topological polar surface area (TPSA) is 49.8 Å². The number of nitrogens with zero attached hydrogens (tertiary/aromatic N) is 2. The van der Waals surface area contributed by atoms with Gasteiger partial charge in [-0.3, -0.25) is 0 Å². The van der Waals surface area contributed by atoms with Crippen molar-refractivity contribution < 1.29 is 0 Å². The van der Waals surface area contributed by atoms with Gasteiger partial charge in [-0.1, -0.05) is 20.3 Å². The fourth-order valence-corrected chi connectivity index (χ4v) is 2.71. The summed E-state index contributed by atoms with van der Waals surface area (Å²) in [4.78, 5) is 8.55. The molecule has 0 unspecified atom stereocenters. The normalized spacial score (nSPS) is 23.1. The van der Waals surface area contributed by atoms with Gasteiger partial charge in [0.25, 0.3) is 0 Å². The van der Waals surface area contributed by atoms with E-state index < -0.39 is 0 Å². The van der Waals surface area contributed by atoms with Crippen molar-refractivity contribution in [2.45, 2.75) is 58.4 Å². The molecule has 0 radical (unpaired) electrons. The van der Waals surface area contributed by atoms with Gasteiger partial charge in [-0.15, -0.1) is 0 Å². The van der Waals surface area contributed by atoms with Crippen LogP contribution in [0.3, 0.4) is 0 Å². The Kier molecular flexibility index (Phi) is 5.43. The lowest BCUT2D eigenvalue weighted by Crippen LogP contribution is -2.26. The highest BCUT2D eigenvalue weighted by Crippen LogP contribution is 2.28. The third-order valence-corrected chi connectivity index (χ3v) is 4.00. The van der Waals surface area contributed by atoms with E-state index in [9.17, 15) is 0 Å². The van der Waals surface area contributed by atoms with Crippen molar-refractivity contribution in [3.8, 4) is 0 Å². The van der Waals surface area contributed by atoms with Gasteiger partial charge in [-0.2, -0.15) is 0 Å². The highest BCUT2D eigenvalue weighted by molar-refractivity contribution is 5.46. The molecule has 106 valence electrons. The molecule has 1 fully saturated rings. The standard InChI is InChI=1S/C15H26N4/c1-3-9-16-14-10-15(18-11-17-14)19-13-7-5-12(4-2)6-8-13/h10-13H,3-9H2,1-2H3,(H2,16,17,18,19). The molecule has 1 heterocycles. The van der Waals surface area contributed by atoms with Crippen LogP contribution in [0.25, 0.3) is 0 Å². The van der Waals surface area contributed by atoms with Crippen LogP contribution < -0.4 is 10.6 Å². The molecule has 0 spiro atoms. The molecular formula is C15H26N4. The van der Waals surface area contributed by atoms with Gasteiger partial charge in [0.05, 0.1) is 0 Å². The van der Waals surface area contributed by atoms with Crippen LogP contribution in [0.2, 0.25) is 0 Å². The molecule has 4 heteroatoms. The van der Waals surface area contributed by atoms with Crippen LogP contribution in [0, 0.1) is 5.92 Å². The van der Waals surface area contributed by atoms with E-state index in [4.69, 9.17) is 0 Å². The van der Waals surface area contributed by atoms with Crippen molar-refractivity contribution in [1.29, 1.82) is 0 Å². The molecule has 1 aliphatic rings. The first-order valence-electron chi connectivity index (χ1n) is 7.64. The van der Waals surface area contributed by atoms with Crippen LogP contribution in [0.4, 0.5) is 11.6 Å². The van der Waals surface area contributed by atoms with E-state index in [1.165, 1.54) is 32.1 Å². The molecule has 0 saturated heterocycles. The van der Waals surface area contributed by atoms with Gasteiger partial charge in [-0.25, -0.2) is 9.97 Å². The Labute approximate surface area is 116 Å². The fraction of sp³-hybridized carbons (Fsp3) is 0.733. The molecule has 0 aromatic carbocycles. The lowest BCUT2D eigenvalue weighted by Gasteiger charge is -2.28. The third-order valence-electron chi connectivity index (χ3n) is 4.00. The molecule has 0 aliphatic heterocycles. The minimum absolute atomic E-state index is 0.580. The highest BCUT2D eigenvalue weighted by atomic mass is 15.1. The Balaban J connectivity index is 1.85. The zero-order chi connectivity index (χ0) is 13.5. The van der Waals surface area contributed by atoms with E-state index in [-0.39, 0.29) is 0 Å². The molecule has 1 aromatic heterocycles. The fourth-order valence-electron chi connectivity index (χ4n) is 2.71. The number of hydrogen-bond acceptors (Lipinski definition) is 4. The second-order valence-corrected chi connectivity index (χ2v) is 5.49. The minimum atomic E-state index is 0.580. The Bertz CT molecular complexity index is 372. The molecule has 19 heavy (non-hydrogen) atoms. The average molecular weight is 262 g/mol. The lowest BCUT2D eigenvalue weighted by atomic mass is 9.84. The van der Waals surface area contributed by atoms with Crippen LogP contribution in [-0.4, -0.2) is 22.6 Å². The van der Waals surface area contributed by atoms with E-state index in [1.54, 1.807) is 6.33 Å². The van der Waals surface area contributed by atoms with Crippen molar-refractivity contribution in [2.75, 3.05) is 17.2 Å². The first-order chi connectivity index (χ1) is 9.31. The maximum absolute atomic E-state index is 4.32. The van der Waals surface area contributed by atoms with Gasteiger partial charge >= 0.3 is 0 Å². The summed E-state index contributed by atoms with van der Waals surface area (Å²) in [6.07, 6.45) is 9.29. The summed E-state index contributed by atoms with van der Waals surface area (Å²) in [7, 11) is 0. The van der Waals surface area contributed by atoms with Crippen LogP contribution in [0.5, 0.6) is 0 Å². The molecule has 0 bridgehead atoms. The van der Waals surface area contributed by atoms with Gasteiger partial charge in [0.15, 0.2) is 0 Å². The quantitative estimate of drug-likeness (QED) is 0.821. The second-order valence-electron chi connectivity index (χ2n) is 5.49. The van der Waals surface area contributed by atoms with Crippen molar-refractivity contribution in [3.05, 3.63) is 12.4 Å². The summed E-state index contributed by atoms with van der Waals surface area (Å²) in [5.74, 6) is 2.81. The summed E-state index contributed by atoms with van der Waals surface area (Å²) >= 11 is 0. The monoisotopic (exact) mass is 262 g/mol. The van der Waals surface area contributed by atoms with E-state index in [2.05, 4.69) is 34.4 Å². The maximum Gasteiger partial charge on any atom is 0.131 e.